The second-order valence-electron chi connectivity index (χ2n) is 5.71. The molecule has 1 heterocycles. The van der Waals surface area contributed by atoms with Gasteiger partial charge in [-0.2, -0.15) is 14.9 Å². The van der Waals surface area contributed by atoms with Crippen molar-refractivity contribution in [2.45, 2.75) is 26.4 Å². The number of aromatic amines is 1. The highest BCUT2D eigenvalue weighted by Crippen LogP contribution is 2.19. The van der Waals surface area contributed by atoms with Crippen molar-refractivity contribution in [2.24, 2.45) is 5.10 Å². The SMILES string of the molecule is CCCc1n[nH]c(=S)n1/N=C/c1ccccc1OCc1cccc(Cl)c1. The maximum atomic E-state index is 6.02. The predicted octanol–water partition coefficient (Wildman–Crippen LogP) is 5.01. The lowest BCUT2D eigenvalue weighted by Crippen LogP contribution is -2.01. The van der Waals surface area contributed by atoms with Crippen LogP contribution in [-0.4, -0.2) is 21.1 Å². The minimum Gasteiger partial charge on any atom is -0.488 e. The number of nitrogens with one attached hydrogen (secondary N) is 1. The summed E-state index contributed by atoms with van der Waals surface area (Å²) in [5, 5.41) is 12.2. The zero-order valence-corrected chi connectivity index (χ0v) is 15.9. The molecule has 0 saturated carbocycles. The first kappa shape index (κ1) is 18.4. The number of hydrogen-bond donors (Lipinski definition) is 1. The summed E-state index contributed by atoms with van der Waals surface area (Å²) in [6, 6.07) is 15.3. The van der Waals surface area contributed by atoms with Crippen molar-refractivity contribution in [2.75, 3.05) is 0 Å². The van der Waals surface area contributed by atoms with Crippen LogP contribution in [-0.2, 0) is 13.0 Å². The van der Waals surface area contributed by atoms with E-state index in [1.807, 2.05) is 48.5 Å². The Kier molecular flexibility index (Phi) is 6.20. The molecule has 1 aromatic heterocycles. The van der Waals surface area contributed by atoms with Gasteiger partial charge in [0.15, 0.2) is 5.82 Å². The molecule has 0 amide bonds. The minimum atomic E-state index is 0.428. The van der Waals surface area contributed by atoms with Crippen LogP contribution >= 0.6 is 23.8 Å². The Bertz CT molecular complexity index is 964. The summed E-state index contributed by atoms with van der Waals surface area (Å²) in [5.74, 6) is 1.55. The van der Waals surface area contributed by atoms with Crippen LogP contribution in [0.1, 0.15) is 30.3 Å². The van der Waals surface area contributed by atoms with Crippen LogP contribution in [0.3, 0.4) is 0 Å². The molecule has 0 saturated heterocycles. The number of rotatable bonds is 7. The van der Waals surface area contributed by atoms with Crippen molar-refractivity contribution in [3.63, 3.8) is 0 Å². The quantitative estimate of drug-likeness (QED) is 0.458. The number of aromatic nitrogens is 3. The fourth-order valence-electron chi connectivity index (χ4n) is 2.46. The van der Waals surface area contributed by atoms with E-state index in [0.717, 1.165) is 35.5 Å². The minimum absolute atomic E-state index is 0.428. The summed E-state index contributed by atoms with van der Waals surface area (Å²) in [7, 11) is 0. The molecule has 0 bridgehead atoms. The van der Waals surface area contributed by atoms with E-state index in [1.165, 1.54) is 0 Å². The van der Waals surface area contributed by atoms with E-state index < -0.39 is 0 Å². The summed E-state index contributed by atoms with van der Waals surface area (Å²) < 4.78 is 8.07. The molecule has 26 heavy (non-hydrogen) atoms. The van der Waals surface area contributed by atoms with Crippen LogP contribution in [0.4, 0.5) is 0 Å². The first-order chi connectivity index (χ1) is 12.7. The van der Waals surface area contributed by atoms with E-state index in [2.05, 4.69) is 22.2 Å². The first-order valence-electron chi connectivity index (χ1n) is 8.34. The third-order valence-electron chi connectivity index (χ3n) is 3.71. The van der Waals surface area contributed by atoms with Crippen LogP contribution in [0, 0.1) is 4.77 Å². The molecule has 0 unspecified atom stereocenters. The third-order valence-corrected chi connectivity index (χ3v) is 4.21. The van der Waals surface area contributed by atoms with Crippen molar-refractivity contribution < 1.29 is 4.74 Å². The van der Waals surface area contributed by atoms with E-state index in [-0.39, 0.29) is 0 Å². The lowest BCUT2D eigenvalue weighted by molar-refractivity contribution is 0.306. The second kappa shape index (κ2) is 8.78. The van der Waals surface area contributed by atoms with Crippen LogP contribution in [0.15, 0.2) is 53.6 Å². The third kappa shape index (κ3) is 4.59. The molecule has 0 aliphatic carbocycles. The largest absolute Gasteiger partial charge is 0.488 e. The van der Waals surface area contributed by atoms with Crippen LogP contribution in [0.25, 0.3) is 0 Å². The molecule has 2 aromatic carbocycles. The van der Waals surface area contributed by atoms with Crippen molar-refractivity contribution in [1.82, 2.24) is 14.9 Å². The highest BCUT2D eigenvalue weighted by Gasteiger charge is 2.05. The van der Waals surface area contributed by atoms with Gasteiger partial charge in [0.25, 0.3) is 0 Å². The highest BCUT2D eigenvalue weighted by atomic mass is 35.5. The normalized spacial score (nSPS) is 11.2. The number of para-hydroxylation sites is 1. The summed E-state index contributed by atoms with van der Waals surface area (Å²) in [6.45, 7) is 2.52. The number of H-pyrrole nitrogens is 1. The predicted molar refractivity (Wildman–Crippen MR) is 107 cm³/mol. The van der Waals surface area contributed by atoms with E-state index in [0.29, 0.717) is 16.4 Å². The lowest BCUT2D eigenvalue weighted by Gasteiger charge is -2.09. The summed E-state index contributed by atoms with van der Waals surface area (Å²) in [6.07, 6.45) is 3.50. The van der Waals surface area contributed by atoms with Gasteiger partial charge in [-0.1, -0.05) is 42.8 Å². The number of ether oxygens (including phenoxy) is 1. The zero-order valence-electron chi connectivity index (χ0n) is 14.4. The summed E-state index contributed by atoms with van der Waals surface area (Å²) >= 11 is 11.3. The molecular weight excluding hydrogens is 368 g/mol. The van der Waals surface area contributed by atoms with Gasteiger partial charge < -0.3 is 4.74 Å². The molecule has 0 aliphatic rings. The molecular formula is C19H19ClN4OS. The molecule has 3 rings (SSSR count). The van der Waals surface area contributed by atoms with Gasteiger partial charge in [-0.3, -0.25) is 5.10 Å². The molecule has 0 atom stereocenters. The summed E-state index contributed by atoms with van der Waals surface area (Å²) in [4.78, 5) is 0. The van der Waals surface area contributed by atoms with Crippen LogP contribution in [0.5, 0.6) is 5.75 Å². The number of hydrogen-bond acceptors (Lipinski definition) is 4. The van der Waals surface area contributed by atoms with Gasteiger partial charge in [0.05, 0.1) is 6.21 Å². The summed E-state index contributed by atoms with van der Waals surface area (Å²) in [5.41, 5.74) is 1.87. The molecule has 0 fully saturated rings. The molecule has 7 heteroatoms. The van der Waals surface area contributed by atoms with Gasteiger partial charge in [0, 0.05) is 17.0 Å². The Hall–Kier alpha value is -2.44. The molecule has 0 spiro atoms. The molecule has 134 valence electrons. The molecule has 0 aliphatic heterocycles. The smallest absolute Gasteiger partial charge is 0.216 e. The fraction of sp³-hybridized carbons (Fsp3) is 0.211. The highest BCUT2D eigenvalue weighted by molar-refractivity contribution is 7.71. The zero-order chi connectivity index (χ0) is 18.4. The van der Waals surface area contributed by atoms with Gasteiger partial charge >= 0.3 is 0 Å². The van der Waals surface area contributed by atoms with E-state index >= 15 is 0 Å². The standard InChI is InChI=1S/C19H19ClN4OS/c1-2-6-18-22-23-19(26)24(18)21-12-15-8-3-4-10-17(15)25-13-14-7-5-9-16(20)11-14/h3-5,7-12H,2,6,13H2,1H3,(H,23,26)/b21-12+. The van der Waals surface area contributed by atoms with E-state index in [1.54, 1.807) is 10.9 Å². The van der Waals surface area contributed by atoms with Gasteiger partial charge in [-0.25, -0.2) is 0 Å². The van der Waals surface area contributed by atoms with Crippen molar-refractivity contribution in [3.05, 3.63) is 75.3 Å². The lowest BCUT2D eigenvalue weighted by atomic mass is 10.2. The van der Waals surface area contributed by atoms with Crippen molar-refractivity contribution in [3.8, 4) is 5.75 Å². The number of nitrogens with zero attached hydrogens (tertiary/aromatic N) is 3. The molecule has 1 N–H and O–H groups in total. The van der Waals surface area contributed by atoms with Crippen molar-refractivity contribution >= 4 is 30.0 Å². The van der Waals surface area contributed by atoms with E-state index in [9.17, 15) is 0 Å². The Morgan fingerprint density at radius 3 is 2.92 bits per heavy atom. The fourth-order valence-corrected chi connectivity index (χ4v) is 2.87. The molecule has 3 aromatic rings. The van der Waals surface area contributed by atoms with Gasteiger partial charge in [-0.05, 0) is 48.5 Å². The van der Waals surface area contributed by atoms with Crippen LogP contribution in [0.2, 0.25) is 5.02 Å². The first-order valence-corrected chi connectivity index (χ1v) is 9.13. The molecule has 0 radical (unpaired) electrons. The Morgan fingerprint density at radius 1 is 1.27 bits per heavy atom. The van der Waals surface area contributed by atoms with E-state index in [4.69, 9.17) is 28.6 Å². The average molecular weight is 387 g/mol. The molecule has 5 nitrogen and oxygen atoms in total. The number of aryl methyl sites for hydroxylation is 1. The average Bonchev–Trinajstić information content (AvgIpc) is 2.99. The number of benzene rings is 2. The Labute approximate surface area is 162 Å². The maximum Gasteiger partial charge on any atom is 0.216 e. The second-order valence-corrected chi connectivity index (χ2v) is 6.53. The van der Waals surface area contributed by atoms with Crippen LogP contribution < -0.4 is 4.74 Å². The van der Waals surface area contributed by atoms with Crippen molar-refractivity contribution in [1.29, 1.82) is 0 Å². The topological polar surface area (TPSA) is 55.2 Å². The van der Waals surface area contributed by atoms with Gasteiger partial charge in [0.1, 0.15) is 12.4 Å². The maximum absolute atomic E-state index is 6.02. The monoisotopic (exact) mass is 386 g/mol. The van der Waals surface area contributed by atoms with Gasteiger partial charge in [-0.15, -0.1) is 0 Å². The van der Waals surface area contributed by atoms with Gasteiger partial charge in [0.2, 0.25) is 4.77 Å². The Morgan fingerprint density at radius 2 is 2.12 bits per heavy atom. The Balaban J connectivity index is 1.79. The number of halogens is 1.